The molecule has 1 saturated heterocycles. The second-order valence-corrected chi connectivity index (χ2v) is 6.00. The predicted molar refractivity (Wildman–Crippen MR) is 72.4 cm³/mol. The highest BCUT2D eigenvalue weighted by atomic mass is 16.7. The van der Waals surface area contributed by atoms with Crippen LogP contribution in [-0.2, 0) is 14.1 Å². The number of rotatable bonds is 1. The number of nitrogens with zero attached hydrogens (tertiary/aromatic N) is 1. The van der Waals surface area contributed by atoms with Crippen molar-refractivity contribution < 1.29 is 14.1 Å². The fraction of sp³-hybridized carbons (Fsp3) is 0.429. The molecule has 2 aliphatic rings. The van der Waals surface area contributed by atoms with Crippen LogP contribution in [0.1, 0.15) is 27.7 Å². The van der Waals surface area contributed by atoms with E-state index in [2.05, 4.69) is 4.99 Å². The van der Waals surface area contributed by atoms with Crippen molar-refractivity contribution >= 4 is 24.6 Å². The quantitative estimate of drug-likeness (QED) is 0.661. The maximum absolute atomic E-state index is 11.3. The molecule has 0 aliphatic carbocycles. The van der Waals surface area contributed by atoms with Crippen molar-refractivity contribution in [2.45, 2.75) is 38.9 Å². The Hall–Kier alpha value is -1.46. The van der Waals surface area contributed by atoms with E-state index in [4.69, 9.17) is 9.31 Å². The Balaban J connectivity index is 1.99. The lowest BCUT2D eigenvalue weighted by Gasteiger charge is -2.32. The number of fused-ring (bicyclic) bond motifs is 1. The fourth-order valence-corrected chi connectivity index (χ4v) is 2.20. The van der Waals surface area contributed by atoms with Crippen molar-refractivity contribution in [3.63, 3.8) is 0 Å². The fourth-order valence-electron chi connectivity index (χ4n) is 2.20. The summed E-state index contributed by atoms with van der Waals surface area (Å²) >= 11 is 0. The Morgan fingerprint density at radius 2 is 1.74 bits per heavy atom. The van der Waals surface area contributed by atoms with Crippen molar-refractivity contribution in [2.75, 3.05) is 0 Å². The van der Waals surface area contributed by atoms with Gasteiger partial charge in [0.15, 0.2) is 0 Å². The second-order valence-electron chi connectivity index (χ2n) is 6.00. The molecule has 0 unspecified atom stereocenters. The van der Waals surface area contributed by atoms with Gasteiger partial charge in [-0.25, -0.2) is 4.99 Å². The van der Waals surface area contributed by atoms with E-state index in [1.54, 1.807) is 0 Å². The highest BCUT2D eigenvalue weighted by Gasteiger charge is 2.51. The van der Waals surface area contributed by atoms with Crippen LogP contribution in [0.25, 0.3) is 6.08 Å². The van der Waals surface area contributed by atoms with Crippen molar-refractivity contribution in [2.24, 2.45) is 4.99 Å². The molecule has 2 aliphatic heterocycles. The Morgan fingerprint density at radius 1 is 1.11 bits per heavy atom. The number of carbonyl (C=O) groups is 1. The largest absolute Gasteiger partial charge is 0.494 e. The summed E-state index contributed by atoms with van der Waals surface area (Å²) in [5, 5.41) is 1.54. The first-order chi connectivity index (χ1) is 8.78. The van der Waals surface area contributed by atoms with E-state index in [0.29, 0.717) is 5.36 Å². The average Bonchev–Trinajstić information content (AvgIpc) is 2.74. The Bertz CT molecular complexity index is 662. The minimum Gasteiger partial charge on any atom is -0.399 e. The first kappa shape index (κ1) is 12.6. The molecule has 2 heterocycles. The topological polar surface area (TPSA) is 47.9 Å². The van der Waals surface area contributed by atoms with Gasteiger partial charge in [-0.1, -0.05) is 12.1 Å². The molecule has 1 amide bonds. The minimum atomic E-state index is -0.403. The molecule has 1 aromatic carbocycles. The third-order valence-electron chi connectivity index (χ3n) is 4.09. The summed E-state index contributed by atoms with van der Waals surface area (Å²) in [4.78, 5) is 15.2. The van der Waals surface area contributed by atoms with Crippen LogP contribution in [0.15, 0.2) is 23.2 Å². The zero-order valence-electron chi connectivity index (χ0n) is 11.6. The minimum absolute atomic E-state index is 0.207. The van der Waals surface area contributed by atoms with E-state index in [1.165, 1.54) is 6.08 Å². The summed E-state index contributed by atoms with van der Waals surface area (Å²) in [6.45, 7) is 8.08. The zero-order valence-corrected chi connectivity index (χ0v) is 11.6. The summed E-state index contributed by atoms with van der Waals surface area (Å²) in [5.41, 5.74) is 0.194. The van der Waals surface area contributed by atoms with Gasteiger partial charge in [-0.3, -0.25) is 4.79 Å². The van der Waals surface area contributed by atoms with E-state index >= 15 is 0 Å². The van der Waals surface area contributed by atoms with E-state index in [0.717, 1.165) is 10.7 Å². The molecule has 0 bridgehead atoms. The van der Waals surface area contributed by atoms with E-state index in [9.17, 15) is 4.79 Å². The summed E-state index contributed by atoms with van der Waals surface area (Å²) in [6.07, 6.45) is 1.53. The lowest BCUT2D eigenvalue weighted by molar-refractivity contribution is -0.112. The van der Waals surface area contributed by atoms with Gasteiger partial charge in [-0.05, 0) is 39.2 Å². The van der Waals surface area contributed by atoms with Crippen LogP contribution in [0.4, 0.5) is 0 Å². The van der Waals surface area contributed by atoms with Gasteiger partial charge < -0.3 is 9.31 Å². The van der Waals surface area contributed by atoms with Crippen LogP contribution in [0.5, 0.6) is 0 Å². The molecule has 5 heteroatoms. The first-order valence-corrected chi connectivity index (χ1v) is 6.39. The van der Waals surface area contributed by atoms with Crippen molar-refractivity contribution in [1.82, 2.24) is 0 Å². The highest BCUT2D eigenvalue weighted by Crippen LogP contribution is 2.36. The smallest absolute Gasteiger partial charge is 0.399 e. The number of hydrogen-bond donors (Lipinski definition) is 0. The third kappa shape index (κ3) is 1.93. The van der Waals surface area contributed by atoms with Crippen molar-refractivity contribution in [3.05, 3.63) is 28.8 Å². The maximum Gasteiger partial charge on any atom is 0.494 e. The van der Waals surface area contributed by atoms with Gasteiger partial charge in [0.25, 0.3) is 5.91 Å². The zero-order chi connectivity index (χ0) is 13.8. The van der Waals surface area contributed by atoms with Crippen molar-refractivity contribution in [1.29, 1.82) is 0 Å². The lowest BCUT2D eigenvalue weighted by Crippen LogP contribution is -2.41. The molecule has 0 saturated carbocycles. The van der Waals surface area contributed by atoms with Gasteiger partial charge in [0.05, 0.1) is 16.6 Å². The van der Waals surface area contributed by atoms with Gasteiger partial charge in [0.2, 0.25) is 0 Å². The van der Waals surface area contributed by atoms with Gasteiger partial charge in [-0.2, -0.15) is 0 Å². The molecular weight excluding hydrogens is 241 g/mol. The summed E-state index contributed by atoms with van der Waals surface area (Å²) < 4.78 is 12.0. The molecular formula is C14H16BNO3. The molecule has 4 nitrogen and oxygen atoms in total. The number of carbonyl (C=O) groups excluding carboxylic acids is 1. The van der Waals surface area contributed by atoms with Gasteiger partial charge in [-0.15, -0.1) is 0 Å². The van der Waals surface area contributed by atoms with Crippen molar-refractivity contribution in [3.8, 4) is 0 Å². The SMILES string of the molecule is CC1(C)OB(c2ccc3c(c2)=CC(=O)N=3)OC1(C)C. The Labute approximate surface area is 112 Å². The van der Waals surface area contributed by atoms with E-state index in [1.807, 2.05) is 45.9 Å². The van der Waals surface area contributed by atoms with Gasteiger partial charge in [0, 0.05) is 11.3 Å². The highest BCUT2D eigenvalue weighted by molar-refractivity contribution is 6.62. The van der Waals surface area contributed by atoms with Crippen LogP contribution < -0.4 is 16.0 Å². The predicted octanol–water partition coefficient (Wildman–Crippen LogP) is -0.0739. The van der Waals surface area contributed by atoms with Crippen LogP contribution in [0, 0.1) is 0 Å². The maximum atomic E-state index is 11.3. The molecule has 0 N–H and O–H groups in total. The molecule has 3 rings (SSSR count). The summed E-state index contributed by atoms with van der Waals surface area (Å²) in [7, 11) is -0.403. The summed E-state index contributed by atoms with van der Waals surface area (Å²) in [6, 6.07) is 5.64. The normalized spacial score (nSPS) is 22.9. The second kappa shape index (κ2) is 3.77. The molecule has 0 atom stereocenters. The molecule has 0 radical (unpaired) electrons. The monoisotopic (exact) mass is 257 g/mol. The van der Waals surface area contributed by atoms with E-state index in [-0.39, 0.29) is 17.1 Å². The van der Waals surface area contributed by atoms with Crippen LogP contribution >= 0.6 is 0 Å². The average molecular weight is 257 g/mol. The molecule has 1 aromatic rings. The number of benzene rings is 1. The Morgan fingerprint density at radius 3 is 2.37 bits per heavy atom. The summed E-state index contributed by atoms with van der Waals surface area (Å²) in [5.74, 6) is -0.207. The first-order valence-electron chi connectivity index (χ1n) is 6.39. The molecule has 19 heavy (non-hydrogen) atoms. The molecule has 1 fully saturated rings. The van der Waals surface area contributed by atoms with Gasteiger partial charge in [0.1, 0.15) is 0 Å². The molecule has 0 aromatic heterocycles. The number of hydrogen-bond acceptors (Lipinski definition) is 3. The van der Waals surface area contributed by atoms with Crippen LogP contribution in [0.2, 0.25) is 0 Å². The molecule has 0 spiro atoms. The number of amides is 1. The lowest BCUT2D eigenvalue weighted by atomic mass is 9.79. The van der Waals surface area contributed by atoms with Crippen LogP contribution in [0.3, 0.4) is 0 Å². The van der Waals surface area contributed by atoms with Gasteiger partial charge >= 0.3 is 7.12 Å². The Kier molecular flexibility index (Phi) is 2.50. The molecule has 98 valence electrons. The standard InChI is InChI=1S/C14H16BNO3/c1-13(2)14(3,4)19-15(18-13)10-5-6-11-9(7-10)8-12(17)16-11/h5-8H,1-4H3. The third-order valence-corrected chi connectivity index (χ3v) is 4.09. The van der Waals surface area contributed by atoms with Crippen LogP contribution in [-0.4, -0.2) is 24.2 Å². The van der Waals surface area contributed by atoms with E-state index < -0.39 is 7.12 Å².